The third-order valence-corrected chi connectivity index (χ3v) is 5.21. The van der Waals surface area contributed by atoms with Crippen LogP contribution in [0.4, 0.5) is 0 Å². The van der Waals surface area contributed by atoms with Crippen molar-refractivity contribution in [3.63, 3.8) is 0 Å². The molecule has 0 saturated carbocycles. The minimum absolute atomic E-state index is 0.0170. The first kappa shape index (κ1) is 24.4. The molecule has 2 aromatic carbocycles. The number of carbonyl (C=O) groups is 2. The number of carbonyl (C=O) groups excluding carboxylic acids is 2. The second-order valence-corrected chi connectivity index (χ2v) is 8.42. The Balaban J connectivity index is 2.10. The van der Waals surface area contributed by atoms with Gasteiger partial charge in [0, 0.05) is 12.6 Å². The Bertz CT molecular complexity index is 816. The van der Waals surface area contributed by atoms with Gasteiger partial charge in [-0.15, -0.1) is 0 Å². The quantitative estimate of drug-likeness (QED) is 0.575. The summed E-state index contributed by atoms with van der Waals surface area (Å²) >= 11 is 0. The zero-order valence-corrected chi connectivity index (χ0v) is 19.4. The van der Waals surface area contributed by atoms with Crippen LogP contribution in [-0.2, 0) is 16.0 Å². The number of rotatable bonds is 11. The van der Waals surface area contributed by atoms with Crippen LogP contribution >= 0.6 is 0 Å². The van der Waals surface area contributed by atoms with Crippen LogP contribution in [0.3, 0.4) is 0 Å². The van der Waals surface area contributed by atoms with Gasteiger partial charge in [0.1, 0.15) is 11.8 Å². The maximum Gasteiger partial charge on any atom is 0.261 e. The maximum absolute atomic E-state index is 13.1. The fraction of sp³-hybridized carbons (Fsp3) is 0.462. The average Bonchev–Trinajstić information content (AvgIpc) is 2.75. The lowest BCUT2D eigenvalue weighted by Gasteiger charge is -2.31. The molecule has 2 aromatic rings. The summed E-state index contributed by atoms with van der Waals surface area (Å²) in [6, 6.07) is 17.3. The number of hydrogen-bond donors (Lipinski definition) is 1. The smallest absolute Gasteiger partial charge is 0.261 e. The molecule has 5 heteroatoms. The number of nitrogens with zero attached hydrogens (tertiary/aromatic N) is 1. The van der Waals surface area contributed by atoms with Crippen LogP contribution in [0.15, 0.2) is 54.6 Å². The minimum Gasteiger partial charge on any atom is -0.484 e. The molecule has 1 unspecified atom stereocenters. The van der Waals surface area contributed by atoms with Crippen LogP contribution in [0.5, 0.6) is 5.75 Å². The lowest BCUT2D eigenvalue weighted by atomic mass is 10.0. The number of benzene rings is 2. The second kappa shape index (κ2) is 12.1. The number of amides is 2. The number of nitrogens with one attached hydrogen (secondary N) is 1. The van der Waals surface area contributed by atoms with Crippen molar-refractivity contribution in [1.29, 1.82) is 0 Å². The van der Waals surface area contributed by atoms with E-state index >= 15 is 0 Å². The Kier molecular flexibility index (Phi) is 9.57. The molecule has 0 bridgehead atoms. The summed E-state index contributed by atoms with van der Waals surface area (Å²) in [5.41, 5.74) is 2.35. The van der Waals surface area contributed by atoms with Gasteiger partial charge in [-0.1, -0.05) is 63.2 Å². The molecular formula is C26H36N2O3. The van der Waals surface area contributed by atoms with Gasteiger partial charge in [0.15, 0.2) is 6.61 Å². The Morgan fingerprint density at radius 1 is 0.968 bits per heavy atom. The number of hydrogen-bond acceptors (Lipinski definition) is 3. The first-order valence-corrected chi connectivity index (χ1v) is 11.2. The van der Waals surface area contributed by atoms with Gasteiger partial charge in [0.2, 0.25) is 5.91 Å². The SMILES string of the molecule is CCC(C(=O)NC(C)C)N(CCc1ccccc1)C(=O)COc1ccc(C(C)C)cc1. The fourth-order valence-electron chi connectivity index (χ4n) is 3.45. The van der Waals surface area contributed by atoms with Gasteiger partial charge in [-0.05, 0) is 55.9 Å². The van der Waals surface area contributed by atoms with Crippen molar-refractivity contribution in [2.45, 2.75) is 65.5 Å². The van der Waals surface area contributed by atoms with Crippen molar-refractivity contribution < 1.29 is 14.3 Å². The van der Waals surface area contributed by atoms with E-state index in [9.17, 15) is 9.59 Å². The van der Waals surface area contributed by atoms with Gasteiger partial charge in [0.25, 0.3) is 5.91 Å². The zero-order chi connectivity index (χ0) is 22.8. The Morgan fingerprint density at radius 3 is 2.16 bits per heavy atom. The van der Waals surface area contributed by atoms with Gasteiger partial charge in [-0.25, -0.2) is 0 Å². The molecule has 0 fully saturated rings. The fourth-order valence-corrected chi connectivity index (χ4v) is 3.45. The molecule has 0 heterocycles. The monoisotopic (exact) mass is 424 g/mol. The summed E-state index contributed by atoms with van der Waals surface area (Å²) in [7, 11) is 0. The van der Waals surface area contributed by atoms with E-state index in [2.05, 4.69) is 19.2 Å². The van der Waals surface area contributed by atoms with Gasteiger partial charge >= 0.3 is 0 Å². The van der Waals surface area contributed by atoms with Crippen molar-refractivity contribution in [2.24, 2.45) is 0 Å². The van der Waals surface area contributed by atoms with E-state index in [1.807, 2.05) is 75.4 Å². The molecule has 0 radical (unpaired) electrons. The maximum atomic E-state index is 13.1. The lowest BCUT2D eigenvalue weighted by Crippen LogP contribution is -2.52. The van der Waals surface area contributed by atoms with E-state index in [-0.39, 0.29) is 24.5 Å². The van der Waals surface area contributed by atoms with Gasteiger partial charge in [-0.2, -0.15) is 0 Å². The molecule has 2 rings (SSSR count). The molecule has 0 spiro atoms. The standard InChI is InChI=1S/C26H36N2O3/c1-6-24(26(30)27-20(4)5)28(17-16-21-10-8-7-9-11-21)25(29)18-31-23-14-12-22(13-15-23)19(2)3/h7-15,19-20,24H,6,16-18H2,1-5H3,(H,27,30). The summed E-state index contributed by atoms with van der Waals surface area (Å²) in [4.78, 5) is 27.6. The van der Waals surface area contributed by atoms with Gasteiger partial charge in [-0.3, -0.25) is 9.59 Å². The highest BCUT2D eigenvalue weighted by molar-refractivity contribution is 5.88. The van der Waals surface area contributed by atoms with Gasteiger partial charge < -0.3 is 15.0 Å². The third-order valence-electron chi connectivity index (χ3n) is 5.21. The highest BCUT2D eigenvalue weighted by Gasteiger charge is 2.28. The summed E-state index contributed by atoms with van der Waals surface area (Å²) in [5.74, 6) is 0.782. The molecule has 0 aliphatic heterocycles. The third kappa shape index (κ3) is 7.74. The van der Waals surface area contributed by atoms with E-state index in [1.165, 1.54) is 5.56 Å². The first-order valence-electron chi connectivity index (χ1n) is 11.2. The molecule has 1 atom stereocenters. The van der Waals surface area contributed by atoms with Crippen molar-refractivity contribution in [3.05, 3.63) is 65.7 Å². The van der Waals surface area contributed by atoms with E-state index in [1.54, 1.807) is 4.90 Å². The molecule has 0 aliphatic rings. The van der Waals surface area contributed by atoms with Crippen LogP contribution in [0.2, 0.25) is 0 Å². The highest BCUT2D eigenvalue weighted by atomic mass is 16.5. The Labute approximate surface area is 186 Å². The molecule has 0 saturated heterocycles. The number of ether oxygens (including phenoxy) is 1. The summed E-state index contributed by atoms with van der Waals surface area (Å²) in [6.07, 6.45) is 1.23. The second-order valence-electron chi connectivity index (χ2n) is 8.42. The van der Waals surface area contributed by atoms with Crippen LogP contribution in [0.25, 0.3) is 0 Å². The highest BCUT2D eigenvalue weighted by Crippen LogP contribution is 2.19. The van der Waals surface area contributed by atoms with Crippen molar-refractivity contribution in [1.82, 2.24) is 10.2 Å². The molecule has 0 aliphatic carbocycles. The van der Waals surface area contributed by atoms with Gasteiger partial charge in [0.05, 0.1) is 0 Å². The van der Waals surface area contributed by atoms with Crippen LogP contribution in [-0.4, -0.2) is 41.9 Å². The molecule has 2 amide bonds. The molecule has 31 heavy (non-hydrogen) atoms. The summed E-state index contributed by atoms with van der Waals surface area (Å²) in [6.45, 7) is 10.4. The average molecular weight is 425 g/mol. The van der Waals surface area contributed by atoms with E-state index in [0.29, 0.717) is 31.1 Å². The molecule has 0 aromatic heterocycles. The van der Waals surface area contributed by atoms with E-state index in [0.717, 1.165) is 5.56 Å². The predicted molar refractivity (Wildman–Crippen MR) is 125 cm³/mol. The zero-order valence-electron chi connectivity index (χ0n) is 19.4. The largest absolute Gasteiger partial charge is 0.484 e. The van der Waals surface area contributed by atoms with Crippen LogP contribution < -0.4 is 10.1 Å². The summed E-state index contributed by atoms with van der Waals surface area (Å²) < 4.78 is 5.77. The molecule has 1 N–H and O–H groups in total. The minimum atomic E-state index is -0.523. The predicted octanol–water partition coefficient (Wildman–Crippen LogP) is 4.56. The van der Waals surface area contributed by atoms with Crippen molar-refractivity contribution in [3.8, 4) is 5.75 Å². The topological polar surface area (TPSA) is 58.6 Å². The van der Waals surface area contributed by atoms with Crippen LogP contribution in [0.1, 0.15) is 58.1 Å². The van der Waals surface area contributed by atoms with Crippen molar-refractivity contribution >= 4 is 11.8 Å². The molecule has 5 nitrogen and oxygen atoms in total. The normalized spacial score (nSPS) is 12.0. The van der Waals surface area contributed by atoms with E-state index in [4.69, 9.17) is 4.74 Å². The molecule has 168 valence electrons. The van der Waals surface area contributed by atoms with Crippen LogP contribution in [0, 0.1) is 0 Å². The first-order chi connectivity index (χ1) is 14.8. The van der Waals surface area contributed by atoms with Crippen molar-refractivity contribution in [2.75, 3.05) is 13.2 Å². The lowest BCUT2D eigenvalue weighted by molar-refractivity contribution is -0.142. The molecular weight excluding hydrogens is 388 g/mol. The Hall–Kier alpha value is -2.82. The Morgan fingerprint density at radius 2 is 1.61 bits per heavy atom. The van der Waals surface area contributed by atoms with E-state index < -0.39 is 6.04 Å². The summed E-state index contributed by atoms with van der Waals surface area (Å²) in [5, 5.41) is 2.94.